The van der Waals surface area contributed by atoms with Crippen molar-refractivity contribution in [3.8, 4) is 5.82 Å². The quantitative estimate of drug-likeness (QED) is 0.735. The van der Waals surface area contributed by atoms with Gasteiger partial charge in [0.05, 0.1) is 11.1 Å². The van der Waals surface area contributed by atoms with E-state index < -0.39 is 0 Å². The van der Waals surface area contributed by atoms with Crippen molar-refractivity contribution < 1.29 is 0 Å². The summed E-state index contributed by atoms with van der Waals surface area (Å²) in [5.41, 5.74) is 8.73. The average molecular weight is 256 g/mol. The van der Waals surface area contributed by atoms with Crippen LogP contribution in [0.2, 0.25) is 0 Å². The lowest BCUT2D eigenvalue weighted by molar-refractivity contribution is 0.761. The van der Waals surface area contributed by atoms with E-state index >= 15 is 0 Å². The standard InChI is InChI=1S/C13H16N6/c1-7(2)11-10-12(14)16-17-13(10)19(18-11)9-6-8(3)4-5-15-9/h4-7H,1-3H3,(H3,14,16,17). The third-order valence-electron chi connectivity index (χ3n) is 3.10. The van der Waals surface area contributed by atoms with Crippen molar-refractivity contribution in [3.05, 3.63) is 29.6 Å². The van der Waals surface area contributed by atoms with Crippen LogP contribution in [0.5, 0.6) is 0 Å². The molecule has 0 aliphatic carbocycles. The molecule has 0 aromatic carbocycles. The first-order chi connectivity index (χ1) is 9.08. The number of nitrogen functional groups attached to an aromatic ring is 1. The molecule has 0 amide bonds. The van der Waals surface area contributed by atoms with Crippen LogP contribution in [0.3, 0.4) is 0 Å². The van der Waals surface area contributed by atoms with Crippen LogP contribution in [0.4, 0.5) is 5.82 Å². The fraction of sp³-hybridized carbons (Fsp3) is 0.308. The van der Waals surface area contributed by atoms with Crippen molar-refractivity contribution in [3.63, 3.8) is 0 Å². The Balaban J connectivity index is 2.30. The fourth-order valence-electron chi connectivity index (χ4n) is 2.16. The summed E-state index contributed by atoms with van der Waals surface area (Å²) in [5.74, 6) is 1.58. The molecule has 0 atom stereocenters. The number of pyridine rings is 1. The van der Waals surface area contributed by atoms with Crippen molar-refractivity contribution in [2.24, 2.45) is 0 Å². The van der Waals surface area contributed by atoms with Crippen LogP contribution in [-0.4, -0.2) is 25.0 Å². The number of H-pyrrole nitrogens is 1. The van der Waals surface area contributed by atoms with E-state index in [1.54, 1.807) is 10.9 Å². The molecule has 0 aliphatic rings. The lowest BCUT2D eigenvalue weighted by Crippen LogP contribution is -2.02. The summed E-state index contributed by atoms with van der Waals surface area (Å²) in [7, 11) is 0. The Labute approximate surface area is 110 Å². The number of aromatic nitrogens is 5. The monoisotopic (exact) mass is 256 g/mol. The number of hydrogen-bond donors (Lipinski definition) is 2. The van der Waals surface area contributed by atoms with Crippen LogP contribution < -0.4 is 5.73 Å². The van der Waals surface area contributed by atoms with Gasteiger partial charge in [-0.05, 0) is 30.5 Å². The van der Waals surface area contributed by atoms with Crippen LogP contribution in [0, 0.1) is 6.92 Å². The van der Waals surface area contributed by atoms with Crippen molar-refractivity contribution in [1.82, 2.24) is 25.0 Å². The maximum atomic E-state index is 5.94. The predicted molar refractivity (Wildman–Crippen MR) is 74.2 cm³/mol. The number of hydrogen-bond acceptors (Lipinski definition) is 4. The van der Waals surface area contributed by atoms with Crippen molar-refractivity contribution in [2.45, 2.75) is 26.7 Å². The minimum atomic E-state index is 0.272. The maximum Gasteiger partial charge on any atom is 0.188 e. The molecular formula is C13H16N6. The molecule has 3 aromatic heterocycles. The summed E-state index contributed by atoms with van der Waals surface area (Å²) in [6.07, 6.45) is 1.77. The highest BCUT2D eigenvalue weighted by Crippen LogP contribution is 2.29. The number of nitrogens with two attached hydrogens (primary N) is 1. The van der Waals surface area contributed by atoms with E-state index in [1.165, 1.54) is 0 Å². The summed E-state index contributed by atoms with van der Waals surface area (Å²) in [4.78, 5) is 4.35. The molecule has 0 spiro atoms. The zero-order chi connectivity index (χ0) is 13.6. The average Bonchev–Trinajstić information content (AvgIpc) is 2.90. The Morgan fingerprint density at radius 1 is 1.37 bits per heavy atom. The van der Waals surface area contributed by atoms with E-state index in [2.05, 4.69) is 34.1 Å². The molecule has 3 N–H and O–H groups in total. The third kappa shape index (κ3) is 1.76. The fourth-order valence-corrected chi connectivity index (χ4v) is 2.16. The van der Waals surface area contributed by atoms with E-state index in [1.807, 2.05) is 19.1 Å². The molecule has 19 heavy (non-hydrogen) atoms. The second-order valence-corrected chi connectivity index (χ2v) is 4.98. The second-order valence-electron chi connectivity index (χ2n) is 4.98. The number of nitrogens with zero attached hydrogens (tertiary/aromatic N) is 4. The summed E-state index contributed by atoms with van der Waals surface area (Å²) in [5, 5.41) is 12.6. The molecule has 98 valence electrons. The number of aromatic amines is 1. The molecule has 0 saturated carbocycles. The van der Waals surface area contributed by atoms with E-state index in [9.17, 15) is 0 Å². The minimum absolute atomic E-state index is 0.272. The Hall–Kier alpha value is -2.37. The lowest BCUT2D eigenvalue weighted by Gasteiger charge is -2.02. The van der Waals surface area contributed by atoms with Gasteiger partial charge in [-0.15, -0.1) is 0 Å². The summed E-state index contributed by atoms with van der Waals surface area (Å²) in [6.45, 7) is 6.19. The van der Waals surface area contributed by atoms with E-state index in [4.69, 9.17) is 5.73 Å². The van der Waals surface area contributed by atoms with Gasteiger partial charge in [0.2, 0.25) is 0 Å². The van der Waals surface area contributed by atoms with Gasteiger partial charge in [-0.25, -0.2) is 4.98 Å². The SMILES string of the molecule is Cc1ccnc(-n2nc(C(C)C)c3c(N)[nH]nc32)c1. The first-order valence-corrected chi connectivity index (χ1v) is 6.23. The van der Waals surface area contributed by atoms with Gasteiger partial charge in [0.15, 0.2) is 11.5 Å². The number of anilines is 1. The molecule has 3 heterocycles. The molecule has 6 heteroatoms. The van der Waals surface area contributed by atoms with E-state index in [-0.39, 0.29) is 5.92 Å². The second kappa shape index (κ2) is 4.08. The van der Waals surface area contributed by atoms with Crippen LogP contribution >= 0.6 is 0 Å². The van der Waals surface area contributed by atoms with Gasteiger partial charge in [-0.1, -0.05) is 13.8 Å². The number of nitrogens with one attached hydrogen (secondary N) is 1. The van der Waals surface area contributed by atoms with Gasteiger partial charge in [-0.3, -0.25) is 5.10 Å². The number of fused-ring (bicyclic) bond motifs is 1. The van der Waals surface area contributed by atoms with Crippen LogP contribution in [0.25, 0.3) is 16.9 Å². The maximum absolute atomic E-state index is 5.94. The lowest BCUT2D eigenvalue weighted by atomic mass is 10.1. The summed E-state index contributed by atoms with van der Waals surface area (Å²) < 4.78 is 1.74. The van der Waals surface area contributed by atoms with Crippen LogP contribution in [0.1, 0.15) is 31.0 Å². The van der Waals surface area contributed by atoms with Crippen molar-refractivity contribution in [1.29, 1.82) is 0 Å². The molecule has 0 saturated heterocycles. The molecule has 0 unspecified atom stereocenters. The normalized spacial score (nSPS) is 11.6. The minimum Gasteiger partial charge on any atom is -0.383 e. The van der Waals surface area contributed by atoms with Crippen LogP contribution in [0.15, 0.2) is 18.3 Å². The first kappa shape index (κ1) is 11.7. The Morgan fingerprint density at radius 3 is 2.84 bits per heavy atom. The summed E-state index contributed by atoms with van der Waals surface area (Å²) in [6, 6.07) is 3.92. The molecule has 3 aromatic rings. The van der Waals surface area contributed by atoms with Gasteiger partial charge in [0.1, 0.15) is 5.82 Å². The Morgan fingerprint density at radius 2 is 2.16 bits per heavy atom. The summed E-state index contributed by atoms with van der Waals surface area (Å²) >= 11 is 0. The molecule has 3 rings (SSSR count). The highest BCUT2D eigenvalue weighted by atomic mass is 15.4. The smallest absolute Gasteiger partial charge is 0.188 e. The highest BCUT2D eigenvalue weighted by molar-refractivity contribution is 5.90. The Kier molecular flexibility index (Phi) is 2.51. The van der Waals surface area contributed by atoms with Gasteiger partial charge in [0, 0.05) is 6.20 Å². The van der Waals surface area contributed by atoms with Gasteiger partial charge < -0.3 is 5.73 Å². The van der Waals surface area contributed by atoms with Crippen molar-refractivity contribution >= 4 is 16.9 Å². The molecule has 0 radical (unpaired) electrons. The number of aryl methyl sites for hydroxylation is 1. The zero-order valence-corrected chi connectivity index (χ0v) is 11.2. The third-order valence-corrected chi connectivity index (χ3v) is 3.10. The molecule has 0 bridgehead atoms. The highest BCUT2D eigenvalue weighted by Gasteiger charge is 2.20. The van der Waals surface area contributed by atoms with Gasteiger partial charge in [0.25, 0.3) is 0 Å². The van der Waals surface area contributed by atoms with E-state index in [0.717, 1.165) is 28.1 Å². The predicted octanol–water partition coefficient (Wildman–Crippen LogP) is 2.16. The topological polar surface area (TPSA) is 85.4 Å². The first-order valence-electron chi connectivity index (χ1n) is 6.23. The Bertz CT molecular complexity index is 737. The van der Waals surface area contributed by atoms with Gasteiger partial charge in [-0.2, -0.15) is 14.9 Å². The molecular weight excluding hydrogens is 240 g/mol. The zero-order valence-electron chi connectivity index (χ0n) is 11.2. The van der Waals surface area contributed by atoms with Crippen molar-refractivity contribution in [2.75, 3.05) is 5.73 Å². The molecule has 0 fully saturated rings. The van der Waals surface area contributed by atoms with Gasteiger partial charge >= 0.3 is 0 Å². The molecule has 6 nitrogen and oxygen atoms in total. The van der Waals surface area contributed by atoms with Crippen LogP contribution in [-0.2, 0) is 0 Å². The van der Waals surface area contributed by atoms with E-state index in [0.29, 0.717) is 5.82 Å². The number of rotatable bonds is 2. The molecule has 0 aliphatic heterocycles. The largest absolute Gasteiger partial charge is 0.383 e.